The number of rotatable bonds is 3. The van der Waals surface area contributed by atoms with Gasteiger partial charge in [0.25, 0.3) is 0 Å². The Bertz CT molecular complexity index is 489. The number of benzene rings is 1. The van der Waals surface area contributed by atoms with Gasteiger partial charge in [0.15, 0.2) is 0 Å². The van der Waals surface area contributed by atoms with Crippen LogP contribution in [0.25, 0.3) is 0 Å². The first kappa shape index (κ1) is 14.8. The molecule has 0 bridgehead atoms. The Labute approximate surface area is 120 Å². The van der Waals surface area contributed by atoms with Crippen molar-refractivity contribution in [3.05, 3.63) is 24.0 Å². The second-order valence-corrected chi connectivity index (χ2v) is 6.02. The van der Waals surface area contributed by atoms with E-state index in [1.807, 2.05) is 0 Å². The number of nitrogens with one attached hydrogen (secondary N) is 2. The van der Waals surface area contributed by atoms with Crippen molar-refractivity contribution in [2.24, 2.45) is 11.8 Å². The largest absolute Gasteiger partial charge is 0.382 e. The lowest BCUT2D eigenvalue weighted by atomic mass is 9.80. The summed E-state index contributed by atoms with van der Waals surface area (Å²) in [7, 11) is 0. The maximum Gasteiger partial charge on any atom is 0.221 e. The highest BCUT2D eigenvalue weighted by Crippen LogP contribution is 2.31. The Morgan fingerprint density at radius 1 is 1.30 bits per heavy atom. The molecule has 1 saturated carbocycles. The highest BCUT2D eigenvalue weighted by atomic mass is 19.1. The van der Waals surface area contributed by atoms with Gasteiger partial charge >= 0.3 is 0 Å². The quantitative estimate of drug-likeness (QED) is 0.876. The molecule has 4 heteroatoms. The average Bonchev–Trinajstić information content (AvgIpc) is 2.37. The smallest absolute Gasteiger partial charge is 0.221 e. The molecule has 0 heterocycles. The third-order valence-corrected chi connectivity index (χ3v) is 4.09. The first-order chi connectivity index (χ1) is 9.45. The molecular weight excluding hydrogens is 255 g/mol. The minimum Gasteiger partial charge on any atom is -0.382 e. The maximum atomic E-state index is 13.6. The molecule has 1 fully saturated rings. The van der Waals surface area contributed by atoms with Gasteiger partial charge < -0.3 is 10.6 Å². The van der Waals surface area contributed by atoms with Gasteiger partial charge in [0.05, 0.1) is 5.69 Å². The van der Waals surface area contributed by atoms with Crippen molar-refractivity contribution in [2.75, 3.05) is 10.6 Å². The van der Waals surface area contributed by atoms with Crippen molar-refractivity contribution >= 4 is 17.3 Å². The lowest BCUT2D eigenvalue weighted by Gasteiger charge is -2.34. The van der Waals surface area contributed by atoms with Gasteiger partial charge in [0.2, 0.25) is 5.91 Å². The summed E-state index contributed by atoms with van der Waals surface area (Å²) in [6, 6.07) is 5.20. The molecule has 0 saturated heterocycles. The van der Waals surface area contributed by atoms with E-state index in [-0.39, 0.29) is 11.6 Å². The van der Waals surface area contributed by atoms with E-state index in [0.29, 0.717) is 12.0 Å². The third-order valence-electron chi connectivity index (χ3n) is 4.09. The Hall–Kier alpha value is -1.58. The number of carbonyl (C=O) groups is 1. The molecule has 1 aliphatic carbocycles. The van der Waals surface area contributed by atoms with Crippen LogP contribution in [-0.4, -0.2) is 11.9 Å². The number of anilines is 2. The fourth-order valence-corrected chi connectivity index (χ4v) is 2.85. The highest BCUT2D eigenvalue weighted by molar-refractivity contribution is 5.89. The van der Waals surface area contributed by atoms with Crippen LogP contribution in [0.4, 0.5) is 15.8 Å². The van der Waals surface area contributed by atoms with Crippen LogP contribution < -0.4 is 10.6 Å². The second kappa shape index (κ2) is 6.25. The minimum absolute atomic E-state index is 0.235. The first-order valence-corrected chi connectivity index (χ1v) is 7.29. The summed E-state index contributed by atoms with van der Waals surface area (Å²) < 4.78 is 13.6. The molecule has 0 aliphatic heterocycles. The predicted molar refractivity (Wildman–Crippen MR) is 80.3 cm³/mol. The van der Waals surface area contributed by atoms with Crippen molar-refractivity contribution in [3.63, 3.8) is 0 Å². The summed E-state index contributed by atoms with van der Waals surface area (Å²) in [5.74, 6) is 0.663. The molecule has 110 valence electrons. The minimum atomic E-state index is -0.407. The zero-order valence-electron chi connectivity index (χ0n) is 12.4. The molecule has 0 spiro atoms. The number of amides is 1. The van der Waals surface area contributed by atoms with Crippen LogP contribution in [0.2, 0.25) is 0 Å². The molecule has 3 atom stereocenters. The molecule has 3 nitrogen and oxygen atoms in total. The maximum absolute atomic E-state index is 13.6. The fraction of sp³-hybridized carbons (Fsp3) is 0.562. The monoisotopic (exact) mass is 278 g/mol. The molecule has 0 radical (unpaired) electrons. The Kier molecular flexibility index (Phi) is 4.63. The van der Waals surface area contributed by atoms with Crippen molar-refractivity contribution in [1.82, 2.24) is 0 Å². The van der Waals surface area contributed by atoms with E-state index >= 15 is 0 Å². The van der Waals surface area contributed by atoms with Crippen LogP contribution in [0.1, 0.15) is 40.0 Å². The predicted octanol–water partition coefficient (Wildman–Crippen LogP) is 4.02. The van der Waals surface area contributed by atoms with Crippen LogP contribution in [0, 0.1) is 17.7 Å². The highest BCUT2D eigenvalue weighted by Gasteiger charge is 2.25. The van der Waals surface area contributed by atoms with Crippen LogP contribution >= 0.6 is 0 Å². The molecule has 2 N–H and O–H groups in total. The van der Waals surface area contributed by atoms with E-state index in [2.05, 4.69) is 24.5 Å². The fourth-order valence-electron chi connectivity index (χ4n) is 2.85. The Morgan fingerprint density at radius 2 is 2.05 bits per heavy atom. The van der Waals surface area contributed by atoms with Gasteiger partial charge in [-0.25, -0.2) is 4.39 Å². The number of carbonyl (C=O) groups excluding carboxylic acids is 1. The lowest BCUT2D eigenvalue weighted by Crippen LogP contribution is -2.33. The molecule has 3 unspecified atom stereocenters. The van der Waals surface area contributed by atoms with E-state index < -0.39 is 5.82 Å². The summed E-state index contributed by atoms with van der Waals surface area (Å²) >= 11 is 0. The summed E-state index contributed by atoms with van der Waals surface area (Å²) in [6.07, 6.45) is 3.63. The van der Waals surface area contributed by atoms with Gasteiger partial charge in [-0.2, -0.15) is 0 Å². The number of hydrogen-bond acceptors (Lipinski definition) is 2. The molecule has 1 amide bonds. The normalized spacial score (nSPS) is 26.1. The molecule has 20 heavy (non-hydrogen) atoms. The molecule has 0 aromatic heterocycles. The number of halogens is 1. The van der Waals surface area contributed by atoms with E-state index in [4.69, 9.17) is 0 Å². The topological polar surface area (TPSA) is 41.1 Å². The average molecular weight is 278 g/mol. The van der Waals surface area contributed by atoms with E-state index in [0.717, 1.165) is 18.0 Å². The first-order valence-electron chi connectivity index (χ1n) is 7.29. The van der Waals surface area contributed by atoms with E-state index in [1.165, 1.54) is 25.8 Å². The van der Waals surface area contributed by atoms with Crippen LogP contribution in [0.3, 0.4) is 0 Å². The third kappa shape index (κ3) is 3.71. The van der Waals surface area contributed by atoms with Gasteiger partial charge in [0.1, 0.15) is 5.82 Å². The van der Waals surface area contributed by atoms with Crippen LogP contribution in [-0.2, 0) is 4.79 Å². The summed E-state index contributed by atoms with van der Waals surface area (Å²) in [6.45, 7) is 5.90. The van der Waals surface area contributed by atoms with Crippen molar-refractivity contribution in [2.45, 2.75) is 46.1 Å². The van der Waals surface area contributed by atoms with E-state index in [1.54, 1.807) is 12.1 Å². The standard InChI is InChI=1S/C16H23FN2O/c1-10-4-5-11(2)15(8-10)19-13-6-7-14(17)16(9-13)18-12(3)20/h6-7,9-11,15,19H,4-5,8H2,1-3H3,(H,18,20). The van der Waals surface area contributed by atoms with E-state index in [9.17, 15) is 9.18 Å². The van der Waals surface area contributed by atoms with Gasteiger partial charge in [-0.3, -0.25) is 4.79 Å². The van der Waals surface area contributed by atoms with Gasteiger partial charge in [-0.15, -0.1) is 0 Å². The van der Waals surface area contributed by atoms with Crippen molar-refractivity contribution in [1.29, 1.82) is 0 Å². The van der Waals surface area contributed by atoms with Crippen LogP contribution in [0.5, 0.6) is 0 Å². The molecule has 1 aromatic carbocycles. The lowest BCUT2D eigenvalue weighted by molar-refractivity contribution is -0.114. The van der Waals surface area contributed by atoms with Crippen molar-refractivity contribution < 1.29 is 9.18 Å². The molecular formula is C16H23FN2O. The van der Waals surface area contributed by atoms with Gasteiger partial charge in [0, 0.05) is 18.7 Å². The zero-order chi connectivity index (χ0) is 14.7. The Balaban J connectivity index is 2.10. The van der Waals surface area contributed by atoms with Gasteiger partial charge in [-0.1, -0.05) is 20.3 Å². The molecule has 1 aliphatic rings. The molecule has 1 aromatic rings. The summed E-state index contributed by atoms with van der Waals surface area (Å²) in [4.78, 5) is 11.1. The van der Waals surface area contributed by atoms with Crippen molar-refractivity contribution in [3.8, 4) is 0 Å². The van der Waals surface area contributed by atoms with Gasteiger partial charge in [-0.05, 0) is 42.9 Å². The summed E-state index contributed by atoms with van der Waals surface area (Å²) in [5.41, 5.74) is 1.10. The molecule has 2 rings (SSSR count). The number of hydrogen-bond donors (Lipinski definition) is 2. The second-order valence-electron chi connectivity index (χ2n) is 6.02. The Morgan fingerprint density at radius 3 is 2.75 bits per heavy atom. The SMILES string of the molecule is CC(=O)Nc1cc(NC2CC(C)CCC2C)ccc1F. The zero-order valence-corrected chi connectivity index (χ0v) is 12.4. The van der Waals surface area contributed by atoms with Crippen LogP contribution in [0.15, 0.2) is 18.2 Å². The summed E-state index contributed by atoms with van der Waals surface area (Å²) in [5, 5.41) is 6.00.